The van der Waals surface area contributed by atoms with E-state index < -0.39 is 0 Å². The molecule has 1 aliphatic rings. The van der Waals surface area contributed by atoms with Crippen LogP contribution >= 0.6 is 0 Å². The van der Waals surface area contributed by atoms with Gasteiger partial charge in [0.2, 0.25) is 0 Å². The van der Waals surface area contributed by atoms with Crippen LogP contribution in [0.15, 0.2) is 6.07 Å². The SMILES string of the molecule is CCn1nc(C)c(C(=O)N2CCn3nc(CO)cc3C2)c1C. The van der Waals surface area contributed by atoms with E-state index in [1.807, 2.05) is 41.1 Å². The summed E-state index contributed by atoms with van der Waals surface area (Å²) < 4.78 is 3.73. The average molecular weight is 303 g/mol. The van der Waals surface area contributed by atoms with Gasteiger partial charge in [-0.3, -0.25) is 14.2 Å². The molecule has 7 heteroatoms. The lowest BCUT2D eigenvalue weighted by Crippen LogP contribution is -2.38. The van der Waals surface area contributed by atoms with Gasteiger partial charge in [-0.05, 0) is 26.8 Å². The Hall–Kier alpha value is -2.15. The monoisotopic (exact) mass is 303 g/mol. The van der Waals surface area contributed by atoms with Crippen LogP contribution < -0.4 is 0 Å². The first-order chi connectivity index (χ1) is 10.5. The zero-order valence-electron chi connectivity index (χ0n) is 13.2. The molecule has 0 saturated heterocycles. The van der Waals surface area contributed by atoms with Gasteiger partial charge in [0.05, 0.1) is 42.3 Å². The van der Waals surface area contributed by atoms with Crippen LogP contribution in [0.25, 0.3) is 0 Å². The molecule has 1 amide bonds. The lowest BCUT2D eigenvalue weighted by molar-refractivity contribution is 0.0704. The maximum absolute atomic E-state index is 12.9. The van der Waals surface area contributed by atoms with Crippen molar-refractivity contribution in [3.63, 3.8) is 0 Å². The fourth-order valence-corrected chi connectivity index (χ4v) is 3.05. The molecule has 3 heterocycles. The first kappa shape index (κ1) is 14.8. The molecular formula is C15H21N5O2. The van der Waals surface area contributed by atoms with Gasteiger partial charge in [-0.2, -0.15) is 10.2 Å². The van der Waals surface area contributed by atoms with E-state index in [0.29, 0.717) is 30.9 Å². The summed E-state index contributed by atoms with van der Waals surface area (Å²) in [5.74, 6) is 0.0210. The molecular weight excluding hydrogens is 282 g/mol. The second kappa shape index (κ2) is 5.57. The number of fused-ring (bicyclic) bond motifs is 1. The summed E-state index contributed by atoms with van der Waals surface area (Å²) in [6.07, 6.45) is 0. The largest absolute Gasteiger partial charge is 0.390 e. The molecule has 0 spiro atoms. The maximum Gasteiger partial charge on any atom is 0.258 e. The lowest BCUT2D eigenvalue weighted by atomic mass is 10.1. The van der Waals surface area contributed by atoms with Gasteiger partial charge in [-0.25, -0.2) is 0 Å². The van der Waals surface area contributed by atoms with Gasteiger partial charge in [0.15, 0.2) is 0 Å². The van der Waals surface area contributed by atoms with Gasteiger partial charge >= 0.3 is 0 Å². The number of carbonyl (C=O) groups is 1. The summed E-state index contributed by atoms with van der Waals surface area (Å²) >= 11 is 0. The number of aliphatic hydroxyl groups excluding tert-OH is 1. The number of aliphatic hydroxyl groups is 1. The zero-order valence-corrected chi connectivity index (χ0v) is 13.2. The molecule has 0 aliphatic carbocycles. The summed E-state index contributed by atoms with van der Waals surface area (Å²) in [7, 11) is 0. The number of amides is 1. The maximum atomic E-state index is 12.9. The van der Waals surface area contributed by atoms with E-state index in [1.165, 1.54) is 0 Å². The van der Waals surface area contributed by atoms with Crippen LogP contribution in [-0.4, -0.2) is 42.0 Å². The molecule has 0 unspecified atom stereocenters. The van der Waals surface area contributed by atoms with Gasteiger partial charge in [-0.1, -0.05) is 0 Å². The standard InChI is InChI=1S/C15H21N5O2/c1-4-19-11(3)14(10(2)16-19)15(22)18-5-6-20-13(8-18)7-12(9-21)17-20/h7,21H,4-6,8-9H2,1-3H3. The Labute approximate surface area is 129 Å². The van der Waals surface area contributed by atoms with Gasteiger partial charge in [0, 0.05) is 18.8 Å². The topological polar surface area (TPSA) is 76.2 Å². The Morgan fingerprint density at radius 2 is 2.09 bits per heavy atom. The molecule has 1 N–H and O–H groups in total. The van der Waals surface area contributed by atoms with Crippen molar-refractivity contribution >= 4 is 5.91 Å². The van der Waals surface area contributed by atoms with Crippen LogP contribution in [0.5, 0.6) is 0 Å². The van der Waals surface area contributed by atoms with E-state index in [4.69, 9.17) is 0 Å². The molecule has 1 aliphatic heterocycles. The quantitative estimate of drug-likeness (QED) is 0.912. The molecule has 0 radical (unpaired) electrons. The summed E-state index contributed by atoms with van der Waals surface area (Å²) in [5.41, 5.74) is 4.01. The Balaban J connectivity index is 1.86. The molecule has 2 aromatic rings. The smallest absolute Gasteiger partial charge is 0.258 e. The highest BCUT2D eigenvalue weighted by molar-refractivity contribution is 5.96. The van der Waals surface area contributed by atoms with Crippen molar-refractivity contribution in [1.82, 2.24) is 24.5 Å². The highest BCUT2D eigenvalue weighted by Gasteiger charge is 2.27. The van der Waals surface area contributed by atoms with Crippen molar-refractivity contribution in [2.75, 3.05) is 6.54 Å². The molecule has 0 bridgehead atoms. The van der Waals surface area contributed by atoms with Crippen molar-refractivity contribution in [1.29, 1.82) is 0 Å². The second-order valence-electron chi connectivity index (χ2n) is 5.60. The molecule has 0 saturated carbocycles. The third-order valence-electron chi connectivity index (χ3n) is 4.19. The van der Waals surface area contributed by atoms with Gasteiger partial charge in [0.1, 0.15) is 0 Å². The highest BCUT2D eigenvalue weighted by Crippen LogP contribution is 2.20. The molecule has 7 nitrogen and oxygen atoms in total. The Kier molecular flexibility index (Phi) is 3.74. The van der Waals surface area contributed by atoms with Gasteiger partial charge < -0.3 is 10.0 Å². The summed E-state index contributed by atoms with van der Waals surface area (Å²) in [6, 6.07) is 1.86. The van der Waals surface area contributed by atoms with Crippen LogP contribution in [-0.2, 0) is 26.2 Å². The molecule has 0 aromatic carbocycles. The first-order valence-electron chi connectivity index (χ1n) is 7.54. The van der Waals surface area contributed by atoms with Crippen LogP contribution in [0.3, 0.4) is 0 Å². The van der Waals surface area contributed by atoms with Crippen molar-refractivity contribution in [3.8, 4) is 0 Å². The summed E-state index contributed by atoms with van der Waals surface area (Å²) in [6.45, 7) is 8.31. The predicted octanol–water partition coefficient (Wildman–Crippen LogP) is 0.865. The minimum absolute atomic E-state index is 0.0210. The van der Waals surface area contributed by atoms with Crippen molar-refractivity contribution < 1.29 is 9.90 Å². The molecule has 3 rings (SSSR count). The van der Waals surface area contributed by atoms with E-state index >= 15 is 0 Å². The minimum atomic E-state index is -0.0740. The van der Waals surface area contributed by atoms with Crippen LogP contribution in [0.1, 0.15) is 40.1 Å². The predicted molar refractivity (Wildman–Crippen MR) is 80.3 cm³/mol. The fraction of sp³-hybridized carbons (Fsp3) is 0.533. The third kappa shape index (κ3) is 2.31. The molecule has 0 fully saturated rings. The van der Waals surface area contributed by atoms with Gasteiger partial charge in [0.25, 0.3) is 5.91 Å². The molecule has 22 heavy (non-hydrogen) atoms. The van der Waals surface area contributed by atoms with Crippen molar-refractivity contribution in [3.05, 3.63) is 34.4 Å². The van der Waals surface area contributed by atoms with E-state index in [2.05, 4.69) is 10.2 Å². The van der Waals surface area contributed by atoms with Crippen LogP contribution in [0.2, 0.25) is 0 Å². The summed E-state index contributed by atoms with van der Waals surface area (Å²) in [4.78, 5) is 14.7. The van der Waals surface area contributed by atoms with E-state index in [-0.39, 0.29) is 12.5 Å². The summed E-state index contributed by atoms with van der Waals surface area (Å²) in [5, 5.41) is 17.9. The number of nitrogens with zero attached hydrogens (tertiary/aromatic N) is 5. The van der Waals surface area contributed by atoms with E-state index in [1.54, 1.807) is 0 Å². The number of carbonyl (C=O) groups excluding carboxylic acids is 1. The van der Waals surface area contributed by atoms with Crippen molar-refractivity contribution in [2.45, 2.75) is 47.0 Å². The zero-order chi connectivity index (χ0) is 15.9. The number of rotatable bonds is 3. The fourth-order valence-electron chi connectivity index (χ4n) is 3.05. The number of hydrogen-bond acceptors (Lipinski definition) is 4. The third-order valence-corrected chi connectivity index (χ3v) is 4.19. The number of hydrogen-bond donors (Lipinski definition) is 1. The first-order valence-corrected chi connectivity index (χ1v) is 7.54. The Morgan fingerprint density at radius 3 is 2.73 bits per heavy atom. The average Bonchev–Trinajstić information content (AvgIpc) is 3.06. The number of aryl methyl sites for hydroxylation is 2. The molecule has 118 valence electrons. The van der Waals surface area contributed by atoms with Crippen LogP contribution in [0, 0.1) is 13.8 Å². The highest BCUT2D eigenvalue weighted by atomic mass is 16.3. The number of aromatic nitrogens is 4. The van der Waals surface area contributed by atoms with Crippen LogP contribution in [0.4, 0.5) is 0 Å². The lowest BCUT2D eigenvalue weighted by Gasteiger charge is -2.27. The molecule has 2 aromatic heterocycles. The second-order valence-corrected chi connectivity index (χ2v) is 5.60. The Bertz CT molecular complexity index is 716. The van der Waals surface area contributed by atoms with Gasteiger partial charge in [-0.15, -0.1) is 0 Å². The van der Waals surface area contributed by atoms with E-state index in [0.717, 1.165) is 23.6 Å². The Morgan fingerprint density at radius 1 is 1.32 bits per heavy atom. The van der Waals surface area contributed by atoms with E-state index in [9.17, 15) is 9.90 Å². The minimum Gasteiger partial charge on any atom is -0.390 e. The normalized spacial score (nSPS) is 14.3. The van der Waals surface area contributed by atoms with Crippen molar-refractivity contribution in [2.24, 2.45) is 0 Å². The molecule has 0 atom stereocenters.